The maximum Gasteiger partial charge on any atom is 0.308 e. The first-order chi connectivity index (χ1) is 10.0. The fourth-order valence-electron chi connectivity index (χ4n) is 2.48. The zero-order valence-electron chi connectivity index (χ0n) is 12.2. The van der Waals surface area contributed by atoms with E-state index in [4.69, 9.17) is 14.6 Å². The molecule has 0 aliphatic carbocycles. The Labute approximate surface area is 123 Å². The SMILES string of the molecule is COc1ccc(OC)c(CC(=O)N2CCC(C(=O)O)C2)c1. The van der Waals surface area contributed by atoms with Crippen LogP contribution in [-0.4, -0.2) is 49.2 Å². The Morgan fingerprint density at radius 1 is 1.33 bits per heavy atom. The number of hydrogen-bond donors (Lipinski definition) is 1. The van der Waals surface area contributed by atoms with E-state index >= 15 is 0 Å². The van der Waals surface area contributed by atoms with Crippen molar-refractivity contribution < 1.29 is 24.2 Å². The van der Waals surface area contributed by atoms with Crippen molar-refractivity contribution in [1.29, 1.82) is 0 Å². The largest absolute Gasteiger partial charge is 0.497 e. The normalized spacial score (nSPS) is 17.6. The van der Waals surface area contributed by atoms with E-state index in [2.05, 4.69) is 0 Å². The van der Waals surface area contributed by atoms with Gasteiger partial charge in [-0.05, 0) is 24.6 Å². The lowest BCUT2D eigenvalue weighted by Gasteiger charge is -2.17. The summed E-state index contributed by atoms with van der Waals surface area (Å²) in [6, 6.07) is 5.29. The predicted octanol–water partition coefficient (Wildman–Crippen LogP) is 1.18. The predicted molar refractivity (Wildman–Crippen MR) is 75.6 cm³/mol. The molecule has 1 aromatic carbocycles. The molecule has 1 aliphatic heterocycles. The summed E-state index contributed by atoms with van der Waals surface area (Å²) in [5, 5.41) is 8.98. The molecular formula is C15H19NO5. The molecule has 0 aromatic heterocycles. The van der Waals surface area contributed by atoms with Gasteiger partial charge in [0.2, 0.25) is 5.91 Å². The Bertz CT molecular complexity index is 543. The van der Waals surface area contributed by atoms with Gasteiger partial charge in [0.25, 0.3) is 0 Å². The lowest BCUT2D eigenvalue weighted by molar-refractivity contribution is -0.141. The van der Waals surface area contributed by atoms with Crippen LogP contribution in [0.3, 0.4) is 0 Å². The van der Waals surface area contributed by atoms with E-state index in [9.17, 15) is 9.59 Å². The molecule has 1 fully saturated rings. The van der Waals surface area contributed by atoms with Gasteiger partial charge in [-0.15, -0.1) is 0 Å². The minimum absolute atomic E-state index is 0.0923. The van der Waals surface area contributed by atoms with Crippen molar-refractivity contribution in [3.63, 3.8) is 0 Å². The second kappa shape index (κ2) is 6.47. The minimum Gasteiger partial charge on any atom is -0.497 e. The smallest absolute Gasteiger partial charge is 0.308 e. The molecule has 1 atom stereocenters. The first-order valence-electron chi connectivity index (χ1n) is 6.76. The van der Waals surface area contributed by atoms with Crippen LogP contribution in [0.4, 0.5) is 0 Å². The van der Waals surface area contributed by atoms with Crippen molar-refractivity contribution in [2.45, 2.75) is 12.8 Å². The van der Waals surface area contributed by atoms with Crippen LogP contribution >= 0.6 is 0 Å². The Balaban J connectivity index is 2.07. The number of methoxy groups -OCH3 is 2. The topological polar surface area (TPSA) is 76.1 Å². The van der Waals surface area contributed by atoms with E-state index in [-0.39, 0.29) is 18.9 Å². The second-order valence-electron chi connectivity index (χ2n) is 5.02. The molecule has 2 rings (SSSR count). The molecule has 0 saturated carbocycles. The molecule has 1 saturated heterocycles. The number of carbonyl (C=O) groups excluding carboxylic acids is 1. The monoisotopic (exact) mass is 293 g/mol. The number of carboxylic acid groups (broad SMARTS) is 1. The number of aliphatic carboxylic acids is 1. The van der Waals surface area contributed by atoms with E-state index in [1.54, 1.807) is 37.3 Å². The fourth-order valence-corrected chi connectivity index (χ4v) is 2.48. The van der Waals surface area contributed by atoms with E-state index in [1.807, 2.05) is 0 Å². The third kappa shape index (κ3) is 3.45. The first kappa shape index (κ1) is 15.2. The van der Waals surface area contributed by atoms with E-state index < -0.39 is 11.9 Å². The van der Waals surface area contributed by atoms with E-state index in [0.717, 1.165) is 5.56 Å². The first-order valence-corrected chi connectivity index (χ1v) is 6.76. The van der Waals surface area contributed by atoms with Crippen molar-refractivity contribution in [2.24, 2.45) is 5.92 Å². The molecule has 114 valence electrons. The van der Waals surface area contributed by atoms with Gasteiger partial charge in [-0.25, -0.2) is 0 Å². The molecule has 0 bridgehead atoms. The van der Waals surface area contributed by atoms with Crippen LogP contribution in [0.25, 0.3) is 0 Å². The molecule has 1 aromatic rings. The molecule has 0 spiro atoms. The zero-order valence-corrected chi connectivity index (χ0v) is 12.2. The number of amides is 1. The molecule has 1 aliphatic rings. The molecule has 6 heteroatoms. The van der Waals surface area contributed by atoms with Crippen LogP contribution in [0, 0.1) is 5.92 Å². The Hall–Kier alpha value is -2.24. The minimum atomic E-state index is -0.843. The third-order valence-corrected chi connectivity index (χ3v) is 3.72. The van der Waals surface area contributed by atoms with Crippen molar-refractivity contribution in [3.8, 4) is 11.5 Å². The highest BCUT2D eigenvalue weighted by atomic mass is 16.5. The van der Waals surface area contributed by atoms with E-state index in [0.29, 0.717) is 24.5 Å². The summed E-state index contributed by atoms with van der Waals surface area (Å²) in [4.78, 5) is 24.8. The van der Waals surface area contributed by atoms with Crippen LogP contribution in [0.5, 0.6) is 11.5 Å². The lowest BCUT2D eigenvalue weighted by Crippen LogP contribution is -2.31. The van der Waals surface area contributed by atoms with Gasteiger partial charge >= 0.3 is 5.97 Å². The highest BCUT2D eigenvalue weighted by molar-refractivity contribution is 5.81. The summed E-state index contributed by atoms with van der Waals surface area (Å²) < 4.78 is 10.4. The van der Waals surface area contributed by atoms with Crippen LogP contribution in [-0.2, 0) is 16.0 Å². The fraction of sp³-hybridized carbons (Fsp3) is 0.467. The molecule has 6 nitrogen and oxygen atoms in total. The van der Waals surface area contributed by atoms with Gasteiger partial charge < -0.3 is 19.5 Å². The van der Waals surface area contributed by atoms with Gasteiger partial charge in [0.1, 0.15) is 11.5 Å². The van der Waals surface area contributed by atoms with Crippen LogP contribution in [0.2, 0.25) is 0 Å². The van der Waals surface area contributed by atoms with Gasteiger partial charge in [0.15, 0.2) is 0 Å². The summed E-state index contributed by atoms with van der Waals surface area (Å²) in [6.07, 6.45) is 0.684. The number of benzene rings is 1. The van der Waals surface area contributed by atoms with Gasteiger partial charge in [-0.3, -0.25) is 9.59 Å². The molecular weight excluding hydrogens is 274 g/mol. The summed E-state index contributed by atoms with van der Waals surface area (Å²) in [5.74, 6) is -0.114. The number of carbonyl (C=O) groups is 2. The summed E-state index contributed by atoms with van der Waals surface area (Å²) in [5.41, 5.74) is 0.737. The maximum absolute atomic E-state index is 12.3. The van der Waals surface area contributed by atoms with Gasteiger partial charge in [0.05, 0.1) is 26.6 Å². The van der Waals surface area contributed by atoms with Crippen LogP contribution in [0.15, 0.2) is 18.2 Å². The molecule has 21 heavy (non-hydrogen) atoms. The average Bonchev–Trinajstić information content (AvgIpc) is 2.97. The number of carboxylic acids is 1. The van der Waals surface area contributed by atoms with E-state index in [1.165, 1.54) is 0 Å². The summed E-state index contributed by atoms with van der Waals surface area (Å²) in [7, 11) is 3.11. The highest BCUT2D eigenvalue weighted by Gasteiger charge is 2.31. The van der Waals surface area contributed by atoms with Crippen molar-refractivity contribution in [2.75, 3.05) is 27.3 Å². The highest BCUT2D eigenvalue weighted by Crippen LogP contribution is 2.26. The third-order valence-electron chi connectivity index (χ3n) is 3.72. The Morgan fingerprint density at radius 2 is 2.10 bits per heavy atom. The van der Waals surface area contributed by atoms with Gasteiger partial charge in [0, 0.05) is 18.7 Å². The van der Waals surface area contributed by atoms with Crippen molar-refractivity contribution >= 4 is 11.9 Å². The molecule has 1 N–H and O–H groups in total. The average molecular weight is 293 g/mol. The lowest BCUT2D eigenvalue weighted by atomic mass is 10.1. The van der Waals surface area contributed by atoms with Crippen molar-refractivity contribution in [3.05, 3.63) is 23.8 Å². The summed E-state index contributed by atoms with van der Waals surface area (Å²) >= 11 is 0. The second-order valence-corrected chi connectivity index (χ2v) is 5.02. The van der Waals surface area contributed by atoms with Crippen LogP contribution in [0.1, 0.15) is 12.0 Å². The Morgan fingerprint density at radius 3 is 2.67 bits per heavy atom. The molecule has 1 unspecified atom stereocenters. The van der Waals surface area contributed by atoms with Crippen molar-refractivity contribution in [1.82, 2.24) is 4.90 Å². The Kier molecular flexibility index (Phi) is 4.67. The molecule has 1 amide bonds. The quantitative estimate of drug-likeness (QED) is 0.882. The molecule has 1 heterocycles. The standard InChI is InChI=1S/C15H19NO5/c1-20-12-3-4-13(21-2)11(7-12)8-14(17)16-6-5-10(9-16)15(18)19/h3-4,7,10H,5-6,8-9H2,1-2H3,(H,18,19). The van der Waals surface area contributed by atoms with Gasteiger partial charge in [-0.1, -0.05) is 0 Å². The molecule has 0 radical (unpaired) electrons. The maximum atomic E-state index is 12.3. The number of rotatable bonds is 5. The summed E-state index contributed by atoms with van der Waals surface area (Å²) in [6.45, 7) is 0.766. The number of nitrogens with zero attached hydrogens (tertiary/aromatic N) is 1. The number of ether oxygens (including phenoxy) is 2. The number of hydrogen-bond acceptors (Lipinski definition) is 4. The zero-order chi connectivity index (χ0) is 15.4. The van der Waals surface area contributed by atoms with Crippen LogP contribution < -0.4 is 9.47 Å². The number of likely N-dealkylation sites (tertiary alicyclic amines) is 1. The van der Waals surface area contributed by atoms with Gasteiger partial charge in [-0.2, -0.15) is 0 Å².